The molecule has 1 heterocycles. The molecular weight excluding hydrogens is 302 g/mol. The number of rotatable bonds is 5. The van der Waals surface area contributed by atoms with Gasteiger partial charge in [-0.25, -0.2) is 9.97 Å². The topological polar surface area (TPSA) is 76.3 Å². The van der Waals surface area contributed by atoms with Crippen molar-refractivity contribution in [2.75, 3.05) is 30.3 Å². The molecule has 0 aliphatic rings. The van der Waals surface area contributed by atoms with E-state index in [-0.39, 0.29) is 0 Å². The van der Waals surface area contributed by atoms with Crippen molar-refractivity contribution in [2.45, 2.75) is 0 Å². The van der Waals surface area contributed by atoms with Gasteiger partial charge in [0.1, 0.15) is 17.9 Å². The van der Waals surface area contributed by atoms with Gasteiger partial charge < -0.3 is 10.5 Å². The fourth-order valence-electron chi connectivity index (χ4n) is 2.36. The first-order valence-corrected chi connectivity index (χ1v) is 7.49. The molecule has 0 fully saturated rings. The van der Waals surface area contributed by atoms with Crippen LogP contribution in [-0.2, 0) is 0 Å². The molecule has 0 saturated carbocycles. The average Bonchev–Trinajstić information content (AvgIpc) is 2.62. The van der Waals surface area contributed by atoms with Crippen molar-refractivity contribution in [3.8, 4) is 17.0 Å². The third-order valence-corrected chi connectivity index (χ3v) is 3.61. The van der Waals surface area contributed by atoms with Gasteiger partial charge >= 0.3 is 0 Å². The van der Waals surface area contributed by atoms with Crippen LogP contribution in [0.25, 0.3) is 11.3 Å². The molecular formula is C18H19N5O. The van der Waals surface area contributed by atoms with E-state index in [0.29, 0.717) is 5.82 Å². The van der Waals surface area contributed by atoms with Gasteiger partial charge in [0.05, 0.1) is 18.5 Å². The molecule has 0 radical (unpaired) electrons. The Morgan fingerprint density at radius 1 is 1.04 bits per heavy atom. The highest BCUT2D eigenvalue weighted by atomic mass is 16.5. The molecule has 0 unspecified atom stereocenters. The van der Waals surface area contributed by atoms with E-state index in [1.54, 1.807) is 7.11 Å². The van der Waals surface area contributed by atoms with E-state index >= 15 is 0 Å². The van der Waals surface area contributed by atoms with Gasteiger partial charge in [0.2, 0.25) is 0 Å². The van der Waals surface area contributed by atoms with Crippen LogP contribution in [0.2, 0.25) is 0 Å². The molecule has 0 bridgehead atoms. The van der Waals surface area contributed by atoms with Crippen molar-refractivity contribution < 1.29 is 4.74 Å². The molecule has 6 nitrogen and oxygen atoms in total. The predicted octanol–water partition coefficient (Wildman–Crippen LogP) is 3.20. The van der Waals surface area contributed by atoms with Gasteiger partial charge in [0.15, 0.2) is 0 Å². The van der Waals surface area contributed by atoms with Gasteiger partial charge in [-0.1, -0.05) is 12.1 Å². The third kappa shape index (κ3) is 3.38. The minimum Gasteiger partial charge on any atom is -0.496 e. The molecule has 0 saturated heterocycles. The van der Waals surface area contributed by atoms with E-state index in [0.717, 1.165) is 28.4 Å². The number of hydrazine groups is 1. The lowest BCUT2D eigenvalue weighted by Gasteiger charge is -2.21. The van der Waals surface area contributed by atoms with Gasteiger partial charge in [0.25, 0.3) is 0 Å². The lowest BCUT2D eigenvalue weighted by molar-refractivity contribution is 0.416. The van der Waals surface area contributed by atoms with Crippen LogP contribution in [0, 0.1) is 0 Å². The van der Waals surface area contributed by atoms with Crippen molar-refractivity contribution in [1.82, 2.24) is 9.97 Å². The maximum absolute atomic E-state index is 5.72. The lowest BCUT2D eigenvalue weighted by atomic mass is 10.1. The van der Waals surface area contributed by atoms with E-state index in [2.05, 4.69) is 15.4 Å². The molecule has 0 atom stereocenters. The van der Waals surface area contributed by atoms with Gasteiger partial charge in [0, 0.05) is 24.4 Å². The van der Waals surface area contributed by atoms with Crippen LogP contribution < -0.4 is 20.9 Å². The van der Waals surface area contributed by atoms with E-state index < -0.39 is 0 Å². The van der Waals surface area contributed by atoms with Crippen LogP contribution in [0.5, 0.6) is 5.75 Å². The Morgan fingerprint density at radius 3 is 2.54 bits per heavy atom. The van der Waals surface area contributed by atoms with Crippen LogP contribution >= 0.6 is 0 Å². The molecule has 2 aromatic carbocycles. The summed E-state index contributed by atoms with van der Waals surface area (Å²) in [5.74, 6) is 1.46. The van der Waals surface area contributed by atoms with Crippen LogP contribution in [0.15, 0.2) is 60.9 Å². The Kier molecular flexibility index (Phi) is 4.47. The minimum atomic E-state index is 0.685. The van der Waals surface area contributed by atoms with E-state index in [1.807, 2.05) is 66.7 Å². The van der Waals surface area contributed by atoms with Crippen LogP contribution in [0.1, 0.15) is 0 Å². The second-order valence-electron chi connectivity index (χ2n) is 5.25. The van der Waals surface area contributed by atoms with Crippen molar-refractivity contribution >= 4 is 17.2 Å². The molecule has 24 heavy (non-hydrogen) atoms. The fraction of sp³-hybridized carbons (Fsp3) is 0.111. The number of nitrogens with one attached hydrogen (secondary N) is 1. The quantitative estimate of drug-likeness (QED) is 0.555. The number of para-hydroxylation sites is 1. The summed E-state index contributed by atoms with van der Waals surface area (Å²) in [6.45, 7) is 0. The average molecular weight is 321 g/mol. The number of nitrogen functional groups attached to an aromatic ring is 1. The van der Waals surface area contributed by atoms with Crippen molar-refractivity contribution in [2.24, 2.45) is 0 Å². The summed E-state index contributed by atoms with van der Waals surface area (Å²) in [6.07, 6.45) is 1.53. The highest BCUT2D eigenvalue weighted by molar-refractivity contribution is 5.69. The van der Waals surface area contributed by atoms with Crippen LogP contribution in [0.4, 0.5) is 17.2 Å². The van der Waals surface area contributed by atoms with Crippen molar-refractivity contribution in [3.05, 3.63) is 60.9 Å². The summed E-state index contributed by atoms with van der Waals surface area (Å²) in [4.78, 5) is 8.62. The first-order valence-electron chi connectivity index (χ1n) is 7.49. The molecule has 3 rings (SSSR count). The number of aromatic nitrogens is 2. The number of ether oxygens (including phenoxy) is 1. The van der Waals surface area contributed by atoms with Gasteiger partial charge in [-0.3, -0.25) is 10.4 Å². The first kappa shape index (κ1) is 15.6. The van der Waals surface area contributed by atoms with Gasteiger partial charge in [-0.15, -0.1) is 0 Å². The number of hydrogen-bond acceptors (Lipinski definition) is 6. The first-order chi connectivity index (χ1) is 11.7. The van der Waals surface area contributed by atoms with E-state index in [9.17, 15) is 0 Å². The number of nitrogens with zero attached hydrogens (tertiary/aromatic N) is 3. The Balaban J connectivity index is 1.84. The monoisotopic (exact) mass is 321 g/mol. The molecule has 122 valence electrons. The molecule has 0 amide bonds. The second-order valence-corrected chi connectivity index (χ2v) is 5.25. The molecule has 3 aromatic rings. The fourth-order valence-corrected chi connectivity index (χ4v) is 2.36. The van der Waals surface area contributed by atoms with E-state index in [1.165, 1.54) is 6.33 Å². The Labute approximate surface area is 140 Å². The molecule has 6 heteroatoms. The SMILES string of the molecule is COc1ccccc1-c1cc(NN(C)c2ccc(N)cc2)ncn1. The summed E-state index contributed by atoms with van der Waals surface area (Å²) in [7, 11) is 3.56. The van der Waals surface area contributed by atoms with Crippen LogP contribution in [-0.4, -0.2) is 24.1 Å². The minimum absolute atomic E-state index is 0.685. The molecule has 0 aliphatic heterocycles. The van der Waals surface area contributed by atoms with Crippen molar-refractivity contribution in [1.29, 1.82) is 0 Å². The summed E-state index contributed by atoms with van der Waals surface area (Å²) in [6, 6.07) is 17.2. The molecule has 1 aromatic heterocycles. The maximum Gasteiger partial charge on any atom is 0.148 e. The smallest absolute Gasteiger partial charge is 0.148 e. The zero-order valence-corrected chi connectivity index (χ0v) is 13.6. The third-order valence-electron chi connectivity index (χ3n) is 3.61. The molecule has 0 aliphatic carbocycles. The zero-order valence-electron chi connectivity index (χ0n) is 13.6. The van der Waals surface area contributed by atoms with Crippen molar-refractivity contribution in [3.63, 3.8) is 0 Å². The predicted molar refractivity (Wildman–Crippen MR) is 96.9 cm³/mol. The molecule has 0 spiro atoms. The summed E-state index contributed by atoms with van der Waals surface area (Å²) in [5.41, 5.74) is 12.4. The highest BCUT2D eigenvalue weighted by Crippen LogP contribution is 2.28. The van der Waals surface area contributed by atoms with E-state index in [4.69, 9.17) is 10.5 Å². The Morgan fingerprint density at radius 2 is 1.79 bits per heavy atom. The van der Waals surface area contributed by atoms with Gasteiger partial charge in [-0.2, -0.15) is 0 Å². The number of benzene rings is 2. The van der Waals surface area contributed by atoms with Crippen LogP contribution in [0.3, 0.4) is 0 Å². The summed E-state index contributed by atoms with van der Waals surface area (Å²) in [5, 5.41) is 1.87. The lowest BCUT2D eigenvalue weighted by Crippen LogP contribution is -2.25. The number of nitrogens with two attached hydrogens (primary N) is 1. The zero-order chi connectivity index (χ0) is 16.9. The Bertz CT molecular complexity index is 820. The number of methoxy groups -OCH3 is 1. The Hall–Kier alpha value is -3.28. The summed E-state index contributed by atoms with van der Waals surface area (Å²) < 4.78 is 5.40. The number of hydrogen-bond donors (Lipinski definition) is 2. The van der Waals surface area contributed by atoms with Gasteiger partial charge in [-0.05, 0) is 36.4 Å². The molecule has 3 N–H and O–H groups in total. The normalized spacial score (nSPS) is 10.2. The second kappa shape index (κ2) is 6.87. The largest absolute Gasteiger partial charge is 0.496 e. The highest BCUT2D eigenvalue weighted by Gasteiger charge is 2.08. The maximum atomic E-state index is 5.72. The summed E-state index contributed by atoms with van der Waals surface area (Å²) >= 11 is 0. The standard InChI is InChI=1S/C18H19N5O/c1-23(14-9-7-13(19)8-10-14)22-18-11-16(20-12-21-18)15-5-3-4-6-17(15)24-2/h3-12H,19H2,1-2H3,(H,20,21,22). The number of anilines is 3.